The molecule has 0 aliphatic heterocycles. The lowest BCUT2D eigenvalue weighted by Gasteiger charge is -2.14. The fourth-order valence-electron chi connectivity index (χ4n) is 1.77. The highest BCUT2D eigenvalue weighted by molar-refractivity contribution is 5.33. The number of aromatic hydroxyl groups is 1. The number of allylic oxidation sites excluding steroid dienone is 4. The van der Waals surface area contributed by atoms with Crippen molar-refractivity contribution in [1.82, 2.24) is 0 Å². The van der Waals surface area contributed by atoms with Crippen LogP contribution < -0.4 is 0 Å². The van der Waals surface area contributed by atoms with Crippen molar-refractivity contribution in [2.24, 2.45) is 0 Å². The normalized spacial score (nSPS) is 14.3. The molecule has 0 bridgehead atoms. The van der Waals surface area contributed by atoms with Crippen LogP contribution in [0.2, 0.25) is 0 Å². The summed E-state index contributed by atoms with van der Waals surface area (Å²) in [4.78, 5) is 0. The van der Waals surface area contributed by atoms with E-state index < -0.39 is 0 Å². The largest absolute Gasteiger partial charge is 0.508 e. The second kappa shape index (κ2) is 6.16. The second-order valence-electron chi connectivity index (χ2n) is 3.93. The van der Waals surface area contributed by atoms with Gasteiger partial charge in [-0.15, -0.1) is 0 Å². The maximum absolute atomic E-state index is 9.25. The lowest BCUT2D eigenvalue weighted by atomic mass is 9.91. The van der Waals surface area contributed by atoms with Gasteiger partial charge in [0.15, 0.2) is 0 Å². The van der Waals surface area contributed by atoms with Gasteiger partial charge >= 0.3 is 0 Å². The first-order valence-electron chi connectivity index (χ1n) is 5.79. The van der Waals surface area contributed by atoms with Crippen molar-refractivity contribution in [3.63, 3.8) is 0 Å². The van der Waals surface area contributed by atoms with E-state index in [1.54, 1.807) is 12.1 Å². The van der Waals surface area contributed by atoms with Gasteiger partial charge in [0.2, 0.25) is 0 Å². The second-order valence-corrected chi connectivity index (χ2v) is 3.93. The first-order valence-corrected chi connectivity index (χ1v) is 5.79. The van der Waals surface area contributed by atoms with E-state index >= 15 is 0 Å². The van der Waals surface area contributed by atoms with Gasteiger partial charge in [-0.3, -0.25) is 0 Å². The fourth-order valence-corrected chi connectivity index (χ4v) is 1.77. The Morgan fingerprint density at radius 1 is 1.31 bits per heavy atom. The minimum absolute atomic E-state index is 0.325. The third kappa shape index (κ3) is 3.27. The zero-order chi connectivity index (χ0) is 12.0. The number of rotatable bonds is 4. The molecule has 0 fully saturated rings. The van der Waals surface area contributed by atoms with Crippen LogP contribution in [0.1, 0.15) is 38.7 Å². The molecule has 0 saturated heterocycles. The molecular formula is C15H20O. The number of hydrogen-bond donors (Lipinski definition) is 1. The maximum Gasteiger partial charge on any atom is 0.115 e. The fraction of sp³-hybridized carbons (Fsp3) is 0.333. The molecular weight excluding hydrogens is 196 g/mol. The molecule has 86 valence electrons. The van der Waals surface area contributed by atoms with E-state index in [4.69, 9.17) is 0 Å². The minimum atomic E-state index is 0.325. The van der Waals surface area contributed by atoms with E-state index in [0.29, 0.717) is 11.7 Å². The van der Waals surface area contributed by atoms with E-state index in [2.05, 4.69) is 26.0 Å². The van der Waals surface area contributed by atoms with Crippen molar-refractivity contribution in [3.8, 4) is 5.75 Å². The maximum atomic E-state index is 9.25. The van der Waals surface area contributed by atoms with Gasteiger partial charge in [-0.2, -0.15) is 0 Å². The van der Waals surface area contributed by atoms with E-state index in [9.17, 15) is 5.11 Å². The van der Waals surface area contributed by atoms with Crippen LogP contribution in [0, 0.1) is 0 Å². The van der Waals surface area contributed by atoms with Gasteiger partial charge in [0, 0.05) is 5.92 Å². The third-order valence-corrected chi connectivity index (χ3v) is 2.86. The van der Waals surface area contributed by atoms with Crippen LogP contribution in [0.5, 0.6) is 5.75 Å². The Hall–Kier alpha value is -1.50. The molecule has 1 rings (SSSR count). The van der Waals surface area contributed by atoms with E-state index in [-0.39, 0.29) is 0 Å². The summed E-state index contributed by atoms with van der Waals surface area (Å²) in [5.41, 5.74) is 2.65. The predicted molar refractivity (Wildman–Crippen MR) is 69.7 cm³/mol. The van der Waals surface area contributed by atoms with Crippen LogP contribution >= 0.6 is 0 Å². The van der Waals surface area contributed by atoms with Gasteiger partial charge in [0.25, 0.3) is 0 Å². The van der Waals surface area contributed by atoms with Gasteiger partial charge < -0.3 is 5.11 Å². The van der Waals surface area contributed by atoms with Crippen LogP contribution in [0.15, 0.2) is 48.1 Å². The van der Waals surface area contributed by atoms with E-state index in [1.165, 1.54) is 11.1 Å². The van der Waals surface area contributed by atoms with Crippen molar-refractivity contribution in [2.75, 3.05) is 0 Å². The zero-order valence-electron chi connectivity index (χ0n) is 10.3. The van der Waals surface area contributed by atoms with Gasteiger partial charge in [-0.25, -0.2) is 0 Å². The molecule has 0 spiro atoms. The van der Waals surface area contributed by atoms with Crippen LogP contribution in [0.25, 0.3) is 0 Å². The summed E-state index contributed by atoms with van der Waals surface area (Å²) in [5.74, 6) is 0.730. The molecule has 1 unspecified atom stereocenters. The van der Waals surface area contributed by atoms with Gasteiger partial charge in [0.05, 0.1) is 0 Å². The van der Waals surface area contributed by atoms with Crippen LogP contribution in [-0.4, -0.2) is 5.11 Å². The number of benzene rings is 1. The molecule has 0 aromatic heterocycles. The smallest absolute Gasteiger partial charge is 0.115 e. The third-order valence-electron chi connectivity index (χ3n) is 2.86. The number of hydrogen-bond acceptors (Lipinski definition) is 1. The molecule has 0 aliphatic rings. The molecule has 0 radical (unpaired) electrons. The van der Waals surface area contributed by atoms with Crippen molar-refractivity contribution in [1.29, 1.82) is 0 Å². The monoisotopic (exact) mass is 216 g/mol. The molecule has 1 N–H and O–H groups in total. The minimum Gasteiger partial charge on any atom is -0.508 e. The molecule has 16 heavy (non-hydrogen) atoms. The first kappa shape index (κ1) is 12.6. The summed E-state index contributed by atoms with van der Waals surface area (Å²) < 4.78 is 0. The average molecular weight is 216 g/mol. The van der Waals surface area contributed by atoms with Gasteiger partial charge in [0.1, 0.15) is 5.75 Å². The Labute approximate surface area is 98.1 Å². The van der Waals surface area contributed by atoms with Crippen LogP contribution in [0.4, 0.5) is 0 Å². The van der Waals surface area contributed by atoms with Crippen molar-refractivity contribution >= 4 is 0 Å². The molecule has 1 heteroatoms. The lowest BCUT2D eigenvalue weighted by molar-refractivity contribution is 0.475. The Kier molecular flexibility index (Phi) is 4.84. The molecule has 0 amide bonds. The first-order chi connectivity index (χ1) is 7.69. The highest BCUT2D eigenvalue weighted by atomic mass is 16.3. The van der Waals surface area contributed by atoms with Gasteiger partial charge in [-0.1, -0.05) is 49.8 Å². The van der Waals surface area contributed by atoms with Crippen molar-refractivity contribution in [3.05, 3.63) is 53.6 Å². The molecule has 1 atom stereocenters. The Morgan fingerprint density at radius 3 is 2.44 bits per heavy atom. The molecule has 0 aliphatic carbocycles. The lowest BCUT2D eigenvalue weighted by Crippen LogP contribution is -1.96. The predicted octanol–water partition coefficient (Wildman–Crippen LogP) is 4.41. The zero-order valence-corrected chi connectivity index (χ0v) is 10.3. The molecule has 1 nitrogen and oxygen atoms in total. The molecule has 1 aromatic rings. The quantitative estimate of drug-likeness (QED) is 0.739. The SMILES string of the molecule is CC=CC=C(CC)C(C)c1ccc(O)cc1. The van der Waals surface area contributed by atoms with Crippen LogP contribution in [0.3, 0.4) is 0 Å². The standard InChI is InChI=1S/C15H20O/c1-4-6-7-13(5-2)12(3)14-8-10-15(16)11-9-14/h4,6-12,16H,5H2,1-3H3. The van der Waals surface area contributed by atoms with Gasteiger partial charge in [-0.05, 0) is 31.0 Å². The van der Waals surface area contributed by atoms with E-state index in [1.807, 2.05) is 25.1 Å². The topological polar surface area (TPSA) is 20.2 Å². The van der Waals surface area contributed by atoms with Crippen molar-refractivity contribution < 1.29 is 5.11 Å². The molecule has 0 saturated carbocycles. The van der Waals surface area contributed by atoms with Crippen molar-refractivity contribution in [2.45, 2.75) is 33.1 Å². The number of phenolic OH excluding ortho intramolecular Hbond substituents is 1. The van der Waals surface area contributed by atoms with Crippen LogP contribution in [-0.2, 0) is 0 Å². The highest BCUT2D eigenvalue weighted by Gasteiger charge is 2.08. The van der Waals surface area contributed by atoms with E-state index in [0.717, 1.165) is 6.42 Å². The highest BCUT2D eigenvalue weighted by Crippen LogP contribution is 2.27. The Morgan fingerprint density at radius 2 is 1.94 bits per heavy atom. The summed E-state index contributed by atoms with van der Waals surface area (Å²) in [6.07, 6.45) is 7.35. The summed E-state index contributed by atoms with van der Waals surface area (Å²) >= 11 is 0. The number of phenols is 1. The average Bonchev–Trinajstić information content (AvgIpc) is 2.30. The summed E-state index contributed by atoms with van der Waals surface area (Å²) in [6, 6.07) is 7.46. The summed E-state index contributed by atoms with van der Waals surface area (Å²) in [7, 11) is 0. The molecule has 1 aromatic carbocycles. The summed E-state index contributed by atoms with van der Waals surface area (Å²) in [5, 5.41) is 9.25. The Bertz CT molecular complexity index is 371. The summed E-state index contributed by atoms with van der Waals surface area (Å²) in [6.45, 7) is 6.40. The molecule has 0 heterocycles. The Balaban J connectivity index is 2.90.